The summed E-state index contributed by atoms with van der Waals surface area (Å²) >= 11 is 0. The van der Waals surface area contributed by atoms with Crippen molar-refractivity contribution in [2.75, 3.05) is 6.61 Å². The van der Waals surface area contributed by atoms with Gasteiger partial charge >= 0.3 is 5.97 Å². The molecule has 1 amide bonds. The molecule has 0 saturated carbocycles. The molecule has 0 radical (unpaired) electrons. The maximum absolute atomic E-state index is 11.5. The number of hydrogen-bond acceptors (Lipinski definition) is 3. The van der Waals surface area contributed by atoms with Gasteiger partial charge in [0, 0.05) is 17.7 Å². The van der Waals surface area contributed by atoms with Crippen LogP contribution in [-0.2, 0) is 9.59 Å². The lowest BCUT2D eigenvalue weighted by Crippen LogP contribution is -2.34. The third kappa shape index (κ3) is 5.56. The molecule has 1 aromatic rings. The zero-order valence-corrected chi connectivity index (χ0v) is 11.8. The van der Waals surface area contributed by atoms with Gasteiger partial charge < -0.3 is 15.2 Å². The Morgan fingerprint density at radius 2 is 2.10 bits per heavy atom. The summed E-state index contributed by atoms with van der Waals surface area (Å²) in [7, 11) is 0. The molecule has 0 atom stereocenters. The third-order valence-electron chi connectivity index (χ3n) is 2.38. The number of carboxylic acid groups (broad SMARTS) is 1. The highest BCUT2D eigenvalue weighted by atomic mass is 16.5. The van der Waals surface area contributed by atoms with Crippen LogP contribution in [0, 0.1) is 6.92 Å². The van der Waals surface area contributed by atoms with Crippen LogP contribution in [0.1, 0.15) is 25.0 Å². The van der Waals surface area contributed by atoms with Crippen molar-refractivity contribution in [3.8, 4) is 5.75 Å². The number of aryl methyl sites for hydroxylation is 1. The Balaban J connectivity index is 2.78. The number of amides is 1. The number of rotatable bonds is 6. The van der Waals surface area contributed by atoms with E-state index in [0.717, 1.165) is 11.6 Å². The normalized spacial score (nSPS) is 10.8. The number of aliphatic carboxylic acids is 1. The van der Waals surface area contributed by atoms with E-state index in [1.807, 2.05) is 26.8 Å². The first-order valence-electron chi connectivity index (χ1n) is 6.32. The van der Waals surface area contributed by atoms with Crippen molar-refractivity contribution in [1.29, 1.82) is 0 Å². The number of carboxylic acids is 1. The van der Waals surface area contributed by atoms with Gasteiger partial charge in [-0.2, -0.15) is 0 Å². The monoisotopic (exact) mass is 277 g/mol. The molecule has 0 aliphatic carbocycles. The predicted octanol–water partition coefficient (Wildman–Crippen LogP) is 2.00. The topological polar surface area (TPSA) is 75.6 Å². The quantitative estimate of drug-likeness (QED) is 0.780. The minimum atomic E-state index is -1.03. The van der Waals surface area contributed by atoms with E-state index in [1.165, 1.54) is 6.08 Å². The Hall–Kier alpha value is -2.30. The highest BCUT2D eigenvalue weighted by molar-refractivity contribution is 5.86. The second-order valence-electron chi connectivity index (χ2n) is 4.72. The van der Waals surface area contributed by atoms with E-state index in [0.29, 0.717) is 11.3 Å². The molecular formula is C15H19NO4. The summed E-state index contributed by atoms with van der Waals surface area (Å²) < 4.78 is 5.43. The Bertz CT molecular complexity index is 521. The molecule has 5 nitrogen and oxygen atoms in total. The molecule has 0 spiro atoms. The first-order valence-corrected chi connectivity index (χ1v) is 6.32. The Morgan fingerprint density at radius 3 is 2.70 bits per heavy atom. The van der Waals surface area contributed by atoms with Crippen LogP contribution in [0.4, 0.5) is 0 Å². The van der Waals surface area contributed by atoms with Crippen molar-refractivity contribution in [3.63, 3.8) is 0 Å². The SMILES string of the molecule is Cc1ccc(OCC(=O)NC(C)C)c(C=CC(=O)O)c1. The maximum Gasteiger partial charge on any atom is 0.328 e. The van der Waals surface area contributed by atoms with Gasteiger partial charge in [-0.1, -0.05) is 11.6 Å². The molecule has 1 rings (SSSR count). The molecule has 0 heterocycles. The minimum Gasteiger partial charge on any atom is -0.483 e. The van der Waals surface area contributed by atoms with Crippen LogP contribution < -0.4 is 10.1 Å². The van der Waals surface area contributed by atoms with Crippen LogP contribution in [-0.4, -0.2) is 29.6 Å². The van der Waals surface area contributed by atoms with Crippen molar-refractivity contribution in [1.82, 2.24) is 5.32 Å². The molecule has 20 heavy (non-hydrogen) atoms. The molecule has 0 aliphatic heterocycles. The lowest BCUT2D eigenvalue weighted by Gasteiger charge is -2.12. The van der Waals surface area contributed by atoms with Crippen LogP contribution in [0.15, 0.2) is 24.3 Å². The fourth-order valence-corrected chi connectivity index (χ4v) is 1.60. The largest absolute Gasteiger partial charge is 0.483 e. The molecule has 0 bridgehead atoms. The van der Waals surface area contributed by atoms with Crippen LogP contribution in [0.5, 0.6) is 5.75 Å². The van der Waals surface area contributed by atoms with Gasteiger partial charge in [-0.3, -0.25) is 4.79 Å². The number of hydrogen-bond donors (Lipinski definition) is 2. The second-order valence-corrected chi connectivity index (χ2v) is 4.72. The third-order valence-corrected chi connectivity index (χ3v) is 2.38. The average Bonchev–Trinajstić information content (AvgIpc) is 2.34. The molecular weight excluding hydrogens is 258 g/mol. The molecule has 0 unspecified atom stereocenters. The summed E-state index contributed by atoms with van der Waals surface area (Å²) in [4.78, 5) is 22.1. The summed E-state index contributed by atoms with van der Waals surface area (Å²) in [6, 6.07) is 5.41. The summed E-state index contributed by atoms with van der Waals surface area (Å²) in [5.74, 6) is -0.768. The van der Waals surface area contributed by atoms with Gasteiger partial charge in [-0.15, -0.1) is 0 Å². The van der Waals surface area contributed by atoms with Gasteiger partial charge in [0.2, 0.25) is 0 Å². The Morgan fingerprint density at radius 1 is 1.40 bits per heavy atom. The highest BCUT2D eigenvalue weighted by Gasteiger charge is 2.07. The van der Waals surface area contributed by atoms with Crippen molar-refractivity contribution < 1.29 is 19.4 Å². The molecule has 0 aromatic heterocycles. The van der Waals surface area contributed by atoms with Crippen LogP contribution in [0.25, 0.3) is 6.08 Å². The smallest absolute Gasteiger partial charge is 0.328 e. The number of nitrogens with one attached hydrogen (secondary N) is 1. The molecule has 0 aliphatic rings. The molecule has 108 valence electrons. The zero-order chi connectivity index (χ0) is 15.1. The number of benzene rings is 1. The van der Waals surface area contributed by atoms with Crippen LogP contribution in [0.2, 0.25) is 0 Å². The van der Waals surface area contributed by atoms with Crippen molar-refractivity contribution >= 4 is 18.0 Å². The Kier molecular flexibility index (Phi) is 5.77. The van der Waals surface area contributed by atoms with E-state index in [2.05, 4.69) is 5.32 Å². The molecule has 0 fully saturated rings. The zero-order valence-electron chi connectivity index (χ0n) is 11.8. The predicted molar refractivity (Wildman–Crippen MR) is 76.6 cm³/mol. The fraction of sp³-hybridized carbons (Fsp3) is 0.333. The highest BCUT2D eigenvalue weighted by Crippen LogP contribution is 2.21. The van der Waals surface area contributed by atoms with Crippen molar-refractivity contribution in [2.24, 2.45) is 0 Å². The van der Waals surface area contributed by atoms with E-state index >= 15 is 0 Å². The van der Waals surface area contributed by atoms with Gasteiger partial charge in [0.05, 0.1) is 0 Å². The number of ether oxygens (including phenoxy) is 1. The maximum atomic E-state index is 11.5. The van der Waals surface area contributed by atoms with Crippen molar-refractivity contribution in [2.45, 2.75) is 26.8 Å². The number of carbonyl (C=O) groups excluding carboxylic acids is 1. The lowest BCUT2D eigenvalue weighted by atomic mass is 10.1. The van der Waals surface area contributed by atoms with Crippen molar-refractivity contribution in [3.05, 3.63) is 35.4 Å². The standard InChI is InChI=1S/C15H19NO4/c1-10(2)16-14(17)9-20-13-6-4-11(3)8-12(13)5-7-15(18)19/h4-8,10H,9H2,1-3H3,(H,16,17)(H,18,19). The Labute approximate surface area is 118 Å². The van der Waals surface area contributed by atoms with Crippen LogP contribution >= 0.6 is 0 Å². The molecule has 1 aromatic carbocycles. The van der Waals surface area contributed by atoms with E-state index in [4.69, 9.17) is 9.84 Å². The molecule has 5 heteroatoms. The summed E-state index contributed by atoms with van der Waals surface area (Å²) in [6.07, 6.45) is 2.49. The fourth-order valence-electron chi connectivity index (χ4n) is 1.60. The van der Waals surface area contributed by atoms with Gasteiger partial charge in [0.1, 0.15) is 5.75 Å². The average molecular weight is 277 g/mol. The first kappa shape index (κ1) is 15.8. The molecule has 2 N–H and O–H groups in total. The van der Waals surface area contributed by atoms with E-state index in [-0.39, 0.29) is 18.6 Å². The summed E-state index contributed by atoms with van der Waals surface area (Å²) in [5, 5.41) is 11.4. The summed E-state index contributed by atoms with van der Waals surface area (Å²) in [6.45, 7) is 5.53. The minimum absolute atomic E-state index is 0.0514. The van der Waals surface area contributed by atoms with Crippen LogP contribution in [0.3, 0.4) is 0 Å². The summed E-state index contributed by atoms with van der Waals surface area (Å²) in [5.41, 5.74) is 1.61. The first-order chi connectivity index (χ1) is 9.38. The van der Waals surface area contributed by atoms with Gasteiger partial charge in [-0.25, -0.2) is 4.79 Å². The second kappa shape index (κ2) is 7.33. The van der Waals surface area contributed by atoms with Gasteiger partial charge in [0.25, 0.3) is 5.91 Å². The van der Waals surface area contributed by atoms with Gasteiger partial charge in [-0.05, 0) is 39.0 Å². The lowest BCUT2D eigenvalue weighted by molar-refractivity contribution is -0.131. The van der Waals surface area contributed by atoms with Gasteiger partial charge in [0.15, 0.2) is 6.61 Å². The van der Waals surface area contributed by atoms with E-state index in [1.54, 1.807) is 12.1 Å². The van der Waals surface area contributed by atoms with E-state index < -0.39 is 5.97 Å². The number of carbonyl (C=O) groups is 2. The molecule has 0 saturated heterocycles. The van der Waals surface area contributed by atoms with E-state index in [9.17, 15) is 9.59 Å².